The second-order valence-electron chi connectivity index (χ2n) is 3.27. The van der Waals surface area contributed by atoms with Gasteiger partial charge in [0, 0.05) is 5.56 Å². The Balaban J connectivity index is 2.11. The summed E-state index contributed by atoms with van der Waals surface area (Å²) in [5.41, 5.74) is 0.645. The van der Waals surface area contributed by atoms with E-state index >= 15 is 0 Å². The first-order valence-corrected chi connectivity index (χ1v) is 5.72. The molecule has 4 heteroatoms. The molecule has 0 aromatic heterocycles. The van der Waals surface area contributed by atoms with Gasteiger partial charge in [-0.2, -0.15) is 0 Å². The second-order valence-corrected chi connectivity index (χ2v) is 4.09. The van der Waals surface area contributed by atoms with Crippen LogP contribution in [0.1, 0.15) is 5.56 Å². The summed E-state index contributed by atoms with van der Waals surface area (Å²) >= 11 is 12.0. The summed E-state index contributed by atoms with van der Waals surface area (Å²) < 4.78 is 0. The molecule has 0 saturated carbocycles. The van der Waals surface area contributed by atoms with Crippen molar-refractivity contribution < 1.29 is 4.84 Å². The van der Waals surface area contributed by atoms with Crippen molar-refractivity contribution in [2.24, 2.45) is 5.16 Å². The van der Waals surface area contributed by atoms with Crippen LogP contribution >= 0.6 is 23.2 Å². The molecular weight excluding hydrogens is 257 g/mol. The predicted octanol–water partition coefficient (Wildman–Crippen LogP) is 4.41. The zero-order chi connectivity index (χ0) is 12.1. The lowest BCUT2D eigenvalue weighted by Crippen LogP contribution is -1.89. The quantitative estimate of drug-likeness (QED) is 0.595. The number of benzene rings is 2. The van der Waals surface area contributed by atoms with Crippen molar-refractivity contribution in [3.05, 3.63) is 64.1 Å². The van der Waals surface area contributed by atoms with E-state index in [1.165, 1.54) is 6.21 Å². The average Bonchev–Trinajstić information content (AvgIpc) is 2.34. The highest BCUT2D eigenvalue weighted by atomic mass is 35.5. The molecule has 0 aliphatic carbocycles. The molecule has 0 radical (unpaired) electrons. The zero-order valence-corrected chi connectivity index (χ0v) is 10.3. The van der Waals surface area contributed by atoms with Crippen LogP contribution in [-0.4, -0.2) is 6.21 Å². The molecule has 2 rings (SSSR count). The molecule has 0 amide bonds. The molecule has 0 N–H and O–H groups in total. The zero-order valence-electron chi connectivity index (χ0n) is 8.81. The Labute approximate surface area is 109 Å². The number of hydrogen-bond acceptors (Lipinski definition) is 2. The Kier molecular flexibility index (Phi) is 4.02. The van der Waals surface area contributed by atoms with Crippen LogP contribution in [0.3, 0.4) is 0 Å². The highest BCUT2D eigenvalue weighted by molar-refractivity contribution is 6.38. The van der Waals surface area contributed by atoms with Gasteiger partial charge in [0.25, 0.3) is 0 Å². The van der Waals surface area contributed by atoms with Gasteiger partial charge in [-0.15, -0.1) is 0 Å². The van der Waals surface area contributed by atoms with Crippen molar-refractivity contribution in [1.29, 1.82) is 0 Å². The van der Waals surface area contributed by atoms with E-state index < -0.39 is 0 Å². The summed E-state index contributed by atoms with van der Waals surface area (Å²) in [5, 5.41) is 4.92. The maximum atomic E-state index is 5.98. The van der Waals surface area contributed by atoms with E-state index in [1.54, 1.807) is 18.2 Å². The van der Waals surface area contributed by atoms with Crippen molar-refractivity contribution in [1.82, 2.24) is 0 Å². The van der Waals surface area contributed by atoms with Gasteiger partial charge in [0.1, 0.15) is 0 Å². The van der Waals surface area contributed by atoms with Gasteiger partial charge in [0.05, 0.1) is 16.3 Å². The van der Waals surface area contributed by atoms with E-state index in [9.17, 15) is 0 Å². The molecule has 0 saturated heterocycles. The van der Waals surface area contributed by atoms with Crippen molar-refractivity contribution in [2.75, 3.05) is 0 Å². The molecule has 86 valence electrons. The molecule has 0 aliphatic rings. The normalized spacial score (nSPS) is 10.7. The van der Waals surface area contributed by atoms with Gasteiger partial charge in [0.15, 0.2) is 5.75 Å². The molecule has 0 aliphatic heterocycles. The Morgan fingerprint density at radius 2 is 1.53 bits per heavy atom. The Bertz CT molecular complexity index is 506. The highest BCUT2D eigenvalue weighted by Crippen LogP contribution is 2.22. The van der Waals surface area contributed by atoms with Gasteiger partial charge in [-0.1, -0.05) is 52.6 Å². The maximum Gasteiger partial charge on any atom is 0.157 e. The molecule has 0 heterocycles. The maximum absolute atomic E-state index is 5.98. The van der Waals surface area contributed by atoms with Crippen molar-refractivity contribution in [2.45, 2.75) is 0 Å². The SMILES string of the molecule is Clc1cccc(Cl)c1/C=N/Oc1ccccc1. The third-order valence-corrected chi connectivity index (χ3v) is 2.74. The summed E-state index contributed by atoms with van der Waals surface area (Å²) in [6, 6.07) is 14.5. The van der Waals surface area contributed by atoms with Crippen LogP contribution in [0.4, 0.5) is 0 Å². The molecular formula is C13H9Cl2NO. The number of nitrogens with zero attached hydrogens (tertiary/aromatic N) is 1. The lowest BCUT2D eigenvalue weighted by Gasteiger charge is -2.00. The highest BCUT2D eigenvalue weighted by Gasteiger charge is 2.01. The first kappa shape index (κ1) is 12.0. The molecule has 0 atom stereocenters. The standard InChI is InChI=1S/C13H9Cl2NO/c14-12-7-4-8-13(15)11(12)9-16-17-10-5-2-1-3-6-10/h1-9H/b16-9+. The van der Waals surface area contributed by atoms with Crippen LogP contribution < -0.4 is 4.84 Å². The van der Waals surface area contributed by atoms with Gasteiger partial charge in [-0.3, -0.25) is 0 Å². The third-order valence-electron chi connectivity index (χ3n) is 2.08. The van der Waals surface area contributed by atoms with Crippen molar-refractivity contribution in [3.63, 3.8) is 0 Å². The van der Waals surface area contributed by atoms with Crippen LogP contribution in [0.25, 0.3) is 0 Å². The predicted molar refractivity (Wildman–Crippen MR) is 71.1 cm³/mol. The van der Waals surface area contributed by atoms with Crippen LogP contribution in [0.5, 0.6) is 5.75 Å². The van der Waals surface area contributed by atoms with Crippen molar-refractivity contribution >= 4 is 29.4 Å². The minimum Gasteiger partial charge on any atom is -0.357 e. The minimum absolute atomic E-state index is 0.540. The number of hydrogen-bond donors (Lipinski definition) is 0. The summed E-state index contributed by atoms with van der Waals surface area (Å²) in [6.07, 6.45) is 1.50. The molecule has 0 unspecified atom stereocenters. The van der Waals surface area contributed by atoms with Crippen LogP contribution in [0.15, 0.2) is 53.7 Å². The van der Waals surface area contributed by atoms with Gasteiger partial charge >= 0.3 is 0 Å². The Morgan fingerprint density at radius 1 is 0.882 bits per heavy atom. The minimum atomic E-state index is 0.540. The van der Waals surface area contributed by atoms with E-state index in [0.717, 1.165) is 0 Å². The summed E-state index contributed by atoms with van der Waals surface area (Å²) in [4.78, 5) is 5.17. The monoisotopic (exact) mass is 265 g/mol. The van der Waals surface area contributed by atoms with Crippen LogP contribution in [-0.2, 0) is 0 Å². The summed E-state index contributed by atoms with van der Waals surface area (Å²) in [6.45, 7) is 0. The van der Waals surface area contributed by atoms with E-state index in [-0.39, 0.29) is 0 Å². The molecule has 17 heavy (non-hydrogen) atoms. The van der Waals surface area contributed by atoms with Crippen LogP contribution in [0, 0.1) is 0 Å². The van der Waals surface area contributed by atoms with Crippen LogP contribution in [0.2, 0.25) is 10.0 Å². The van der Waals surface area contributed by atoms with E-state index in [4.69, 9.17) is 28.0 Å². The topological polar surface area (TPSA) is 21.6 Å². The number of para-hydroxylation sites is 1. The van der Waals surface area contributed by atoms with E-state index in [0.29, 0.717) is 21.4 Å². The third kappa shape index (κ3) is 3.22. The molecule has 0 bridgehead atoms. The van der Waals surface area contributed by atoms with Gasteiger partial charge in [-0.05, 0) is 24.3 Å². The molecule has 2 nitrogen and oxygen atoms in total. The fourth-order valence-electron chi connectivity index (χ4n) is 1.26. The Morgan fingerprint density at radius 3 is 2.18 bits per heavy atom. The lowest BCUT2D eigenvalue weighted by atomic mass is 10.2. The molecule has 0 spiro atoms. The first-order valence-electron chi connectivity index (χ1n) is 4.97. The average molecular weight is 266 g/mol. The fraction of sp³-hybridized carbons (Fsp3) is 0. The number of halogens is 2. The molecule has 2 aromatic rings. The van der Waals surface area contributed by atoms with Gasteiger partial charge < -0.3 is 4.84 Å². The van der Waals surface area contributed by atoms with Gasteiger partial charge in [0.2, 0.25) is 0 Å². The largest absolute Gasteiger partial charge is 0.357 e. The lowest BCUT2D eigenvalue weighted by molar-refractivity contribution is 0.344. The van der Waals surface area contributed by atoms with E-state index in [1.807, 2.05) is 30.3 Å². The fourth-order valence-corrected chi connectivity index (χ4v) is 1.75. The second kappa shape index (κ2) is 5.71. The van der Waals surface area contributed by atoms with E-state index in [2.05, 4.69) is 5.16 Å². The van der Waals surface area contributed by atoms with Crippen molar-refractivity contribution in [3.8, 4) is 5.75 Å². The molecule has 2 aromatic carbocycles. The Hall–Kier alpha value is -1.51. The summed E-state index contributed by atoms with van der Waals surface area (Å²) in [5.74, 6) is 0.659. The smallest absolute Gasteiger partial charge is 0.157 e. The first-order chi connectivity index (χ1) is 8.27. The summed E-state index contributed by atoms with van der Waals surface area (Å²) in [7, 11) is 0. The number of rotatable bonds is 3. The van der Waals surface area contributed by atoms with Gasteiger partial charge in [-0.25, -0.2) is 0 Å². The molecule has 0 fully saturated rings. The number of oxime groups is 1.